The third kappa shape index (κ3) is 9.11. The van der Waals surface area contributed by atoms with Gasteiger partial charge in [0.1, 0.15) is 0 Å². The minimum absolute atomic E-state index is 0.0706. The SMILES string of the molecule is CCCCCCOC(=O)C(C)(CCC(C)N1CCCC1=O)CC(C)(C)C(=O)OCCCC. The number of likely N-dealkylation sites (tertiary alicyclic amines) is 1. The number of unbranched alkanes of at least 4 members (excludes halogenated alkanes) is 4. The lowest BCUT2D eigenvalue weighted by atomic mass is 9.71. The maximum Gasteiger partial charge on any atom is 0.311 e. The van der Waals surface area contributed by atoms with Crippen LogP contribution in [0.3, 0.4) is 0 Å². The molecule has 1 amide bonds. The van der Waals surface area contributed by atoms with E-state index in [4.69, 9.17) is 9.47 Å². The minimum atomic E-state index is -0.810. The summed E-state index contributed by atoms with van der Waals surface area (Å²) in [6.07, 6.45) is 9.10. The van der Waals surface area contributed by atoms with Crippen LogP contribution >= 0.6 is 0 Å². The Balaban J connectivity index is 2.84. The van der Waals surface area contributed by atoms with Crippen molar-refractivity contribution >= 4 is 17.8 Å². The number of carbonyl (C=O) groups excluding carboxylic acids is 3. The highest BCUT2D eigenvalue weighted by Gasteiger charge is 2.44. The second-order valence-corrected chi connectivity index (χ2v) is 10.4. The Kier molecular flexibility index (Phi) is 12.3. The molecule has 0 bridgehead atoms. The number of nitrogens with zero attached hydrogens (tertiary/aromatic N) is 1. The van der Waals surface area contributed by atoms with Gasteiger partial charge in [-0.25, -0.2) is 0 Å². The van der Waals surface area contributed by atoms with Crippen LogP contribution in [0.1, 0.15) is 112 Å². The minimum Gasteiger partial charge on any atom is -0.465 e. The standard InChI is InChI=1S/C26H47NO5/c1-7-9-11-12-19-32-24(30)26(6,16-15-21(3)27-17-13-14-22(27)28)20-25(4,5)23(29)31-18-10-8-2/h21H,7-20H2,1-6H3. The number of hydrogen-bond donors (Lipinski definition) is 0. The Morgan fingerprint density at radius 3 is 2.19 bits per heavy atom. The number of rotatable bonds is 16. The summed E-state index contributed by atoms with van der Waals surface area (Å²) in [5.74, 6) is -0.323. The van der Waals surface area contributed by atoms with Crippen LogP contribution in [0.15, 0.2) is 0 Å². The first kappa shape index (κ1) is 28.4. The number of carbonyl (C=O) groups is 3. The van der Waals surface area contributed by atoms with Crippen molar-refractivity contribution < 1.29 is 23.9 Å². The average Bonchev–Trinajstić information content (AvgIpc) is 3.17. The van der Waals surface area contributed by atoms with Gasteiger partial charge in [-0.2, -0.15) is 0 Å². The third-order valence-electron chi connectivity index (χ3n) is 6.60. The number of amides is 1. The van der Waals surface area contributed by atoms with Crippen molar-refractivity contribution in [2.75, 3.05) is 19.8 Å². The van der Waals surface area contributed by atoms with Gasteiger partial charge in [0.2, 0.25) is 5.91 Å². The third-order valence-corrected chi connectivity index (χ3v) is 6.60. The summed E-state index contributed by atoms with van der Waals surface area (Å²) >= 11 is 0. The van der Waals surface area contributed by atoms with E-state index < -0.39 is 10.8 Å². The summed E-state index contributed by atoms with van der Waals surface area (Å²) in [5, 5.41) is 0. The maximum absolute atomic E-state index is 13.2. The van der Waals surface area contributed by atoms with Gasteiger partial charge in [-0.05, 0) is 66.2 Å². The molecule has 0 aromatic rings. The van der Waals surface area contributed by atoms with Gasteiger partial charge in [0.25, 0.3) is 0 Å². The first-order valence-corrected chi connectivity index (χ1v) is 12.7. The molecule has 186 valence electrons. The van der Waals surface area contributed by atoms with Crippen LogP contribution in [-0.4, -0.2) is 48.5 Å². The second-order valence-electron chi connectivity index (χ2n) is 10.4. The monoisotopic (exact) mass is 453 g/mol. The largest absolute Gasteiger partial charge is 0.465 e. The average molecular weight is 454 g/mol. The lowest BCUT2D eigenvalue weighted by Crippen LogP contribution is -2.41. The van der Waals surface area contributed by atoms with Crippen LogP contribution in [0.25, 0.3) is 0 Å². The molecule has 6 heteroatoms. The molecule has 1 heterocycles. The summed E-state index contributed by atoms with van der Waals surface area (Å²) in [7, 11) is 0. The molecular weight excluding hydrogens is 406 g/mol. The molecule has 6 nitrogen and oxygen atoms in total. The Morgan fingerprint density at radius 1 is 0.969 bits per heavy atom. The summed E-state index contributed by atoms with van der Waals surface area (Å²) in [6, 6.07) is 0.0706. The first-order valence-electron chi connectivity index (χ1n) is 12.7. The molecule has 1 aliphatic rings. The zero-order chi connectivity index (χ0) is 24.2. The predicted octanol–water partition coefficient (Wildman–Crippen LogP) is 5.67. The molecular formula is C26H47NO5. The molecule has 0 radical (unpaired) electrons. The van der Waals surface area contributed by atoms with Crippen molar-refractivity contribution in [3.8, 4) is 0 Å². The van der Waals surface area contributed by atoms with Gasteiger partial charge in [0.15, 0.2) is 0 Å². The Morgan fingerprint density at radius 2 is 1.59 bits per heavy atom. The van der Waals surface area contributed by atoms with E-state index in [0.717, 1.165) is 51.5 Å². The molecule has 1 aliphatic heterocycles. The van der Waals surface area contributed by atoms with Gasteiger partial charge in [0, 0.05) is 19.0 Å². The van der Waals surface area contributed by atoms with Crippen LogP contribution in [0.5, 0.6) is 0 Å². The highest BCUT2D eigenvalue weighted by Crippen LogP contribution is 2.40. The molecule has 1 saturated heterocycles. The molecule has 0 aromatic heterocycles. The van der Waals surface area contributed by atoms with Crippen LogP contribution < -0.4 is 0 Å². The van der Waals surface area contributed by atoms with Gasteiger partial charge in [0.05, 0.1) is 24.0 Å². The maximum atomic E-state index is 13.2. The molecule has 1 fully saturated rings. The summed E-state index contributed by atoms with van der Waals surface area (Å²) < 4.78 is 11.2. The summed E-state index contributed by atoms with van der Waals surface area (Å²) in [5.41, 5.74) is -1.61. The van der Waals surface area contributed by atoms with E-state index >= 15 is 0 Å². The normalized spacial score (nSPS) is 17.2. The molecule has 0 spiro atoms. The number of esters is 2. The van der Waals surface area contributed by atoms with Crippen LogP contribution in [0, 0.1) is 10.8 Å². The Labute approximate surface area is 195 Å². The van der Waals surface area contributed by atoms with Crippen molar-refractivity contribution in [2.45, 2.75) is 118 Å². The van der Waals surface area contributed by atoms with E-state index in [9.17, 15) is 14.4 Å². The highest BCUT2D eigenvalue weighted by molar-refractivity contribution is 5.80. The number of hydrogen-bond acceptors (Lipinski definition) is 5. The zero-order valence-corrected chi connectivity index (χ0v) is 21.5. The molecule has 2 unspecified atom stereocenters. The predicted molar refractivity (Wildman–Crippen MR) is 127 cm³/mol. The second kappa shape index (κ2) is 13.8. The van der Waals surface area contributed by atoms with E-state index in [1.54, 1.807) is 0 Å². The van der Waals surface area contributed by atoms with Gasteiger partial charge in [-0.3, -0.25) is 14.4 Å². The van der Waals surface area contributed by atoms with Crippen LogP contribution in [0.2, 0.25) is 0 Å². The van der Waals surface area contributed by atoms with Crippen LogP contribution in [0.4, 0.5) is 0 Å². The smallest absolute Gasteiger partial charge is 0.311 e. The molecule has 0 aromatic carbocycles. The van der Waals surface area contributed by atoms with E-state index in [-0.39, 0.29) is 23.9 Å². The fourth-order valence-electron chi connectivity index (χ4n) is 4.50. The van der Waals surface area contributed by atoms with Crippen molar-refractivity contribution in [2.24, 2.45) is 10.8 Å². The van der Waals surface area contributed by atoms with Gasteiger partial charge < -0.3 is 14.4 Å². The molecule has 32 heavy (non-hydrogen) atoms. The molecule has 1 rings (SSSR count). The quantitative estimate of drug-likeness (QED) is 0.222. The van der Waals surface area contributed by atoms with Crippen molar-refractivity contribution in [3.05, 3.63) is 0 Å². The van der Waals surface area contributed by atoms with Gasteiger partial charge in [-0.1, -0.05) is 39.5 Å². The van der Waals surface area contributed by atoms with Crippen molar-refractivity contribution in [3.63, 3.8) is 0 Å². The van der Waals surface area contributed by atoms with E-state index in [1.165, 1.54) is 0 Å². The Bertz CT molecular complexity index is 603. The van der Waals surface area contributed by atoms with E-state index in [0.29, 0.717) is 38.9 Å². The number of ether oxygens (including phenoxy) is 2. The first-order chi connectivity index (χ1) is 15.1. The van der Waals surface area contributed by atoms with E-state index in [1.807, 2.05) is 32.6 Å². The summed E-state index contributed by atoms with van der Waals surface area (Å²) in [6.45, 7) is 13.5. The fraction of sp³-hybridized carbons (Fsp3) is 0.885. The molecule has 0 aliphatic carbocycles. The van der Waals surface area contributed by atoms with Gasteiger partial charge in [-0.15, -0.1) is 0 Å². The lowest BCUT2D eigenvalue weighted by molar-refractivity contribution is -0.163. The zero-order valence-electron chi connectivity index (χ0n) is 21.5. The lowest BCUT2D eigenvalue weighted by Gasteiger charge is -2.36. The highest BCUT2D eigenvalue weighted by atomic mass is 16.5. The Hall–Kier alpha value is -1.59. The molecule has 0 saturated carbocycles. The molecule has 0 N–H and O–H groups in total. The van der Waals surface area contributed by atoms with Crippen LogP contribution in [-0.2, 0) is 23.9 Å². The topological polar surface area (TPSA) is 72.9 Å². The van der Waals surface area contributed by atoms with Crippen molar-refractivity contribution in [1.29, 1.82) is 0 Å². The van der Waals surface area contributed by atoms with Crippen molar-refractivity contribution in [1.82, 2.24) is 4.90 Å². The van der Waals surface area contributed by atoms with E-state index in [2.05, 4.69) is 13.8 Å². The summed E-state index contributed by atoms with van der Waals surface area (Å²) in [4.78, 5) is 40.0. The fourth-order valence-corrected chi connectivity index (χ4v) is 4.50. The molecule has 2 atom stereocenters. The van der Waals surface area contributed by atoms with Gasteiger partial charge >= 0.3 is 11.9 Å².